The lowest BCUT2D eigenvalue weighted by Crippen LogP contribution is -2.42. The number of benzene rings is 1. The number of ether oxygens (including phenoxy) is 1. The second-order valence-electron chi connectivity index (χ2n) is 5.35. The lowest BCUT2D eigenvalue weighted by molar-refractivity contribution is 0.190. The molecule has 0 amide bonds. The zero-order chi connectivity index (χ0) is 13.8. The molecule has 4 heteroatoms. The van der Waals surface area contributed by atoms with Crippen LogP contribution in [0.4, 0.5) is 11.4 Å². The minimum Gasteiger partial charge on any atom is -0.492 e. The molecule has 4 nitrogen and oxygen atoms in total. The monoisotopic (exact) mass is 263 g/mol. The molecule has 106 valence electrons. The molecule has 1 aromatic carbocycles. The van der Waals surface area contributed by atoms with Crippen molar-refractivity contribution in [2.75, 3.05) is 31.2 Å². The number of para-hydroxylation sites is 1. The molecule has 0 bridgehead atoms. The number of nitrogens with one attached hydrogen (secondary N) is 1. The van der Waals surface area contributed by atoms with Gasteiger partial charge in [-0.2, -0.15) is 0 Å². The molecule has 19 heavy (non-hydrogen) atoms. The van der Waals surface area contributed by atoms with Gasteiger partial charge in [0.25, 0.3) is 0 Å². The fraction of sp³-hybridized carbons (Fsp3) is 0.600. The standard InChI is InChI=1S/C15H25N3O/c1-4-19-14-7-5-6-13(15(14)16)17-12-8-9-18(3)11(2)10-12/h5-7,11-12,17H,4,8-10,16H2,1-3H3. The smallest absolute Gasteiger partial charge is 0.144 e. The van der Waals surface area contributed by atoms with Crippen LogP contribution in [0.3, 0.4) is 0 Å². The van der Waals surface area contributed by atoms with E-state index in [1.54, 1.807) is 0 Å². The van der Waals surface area contributed by atoms with Gasteiger partial charge in [-0.1, -0.05) is 6.07 Å². The number of likely N-dealkylation sites (tertiary alicyclic amines) is 1. The second kappa shape index (κ2) is 6.15. The summed E-state index contributed by atoms with van der Waals surface area (Å²) in [6, 6.07) is 7.04. The highest BCUT2D eigenvalue weighted by Crippen LogP contribution is 2.31. The van der Waals surface area contributed by atoms with E-state index < -0.39 is 0 Å². The Morgan fingerprint density at radius 2 is 2.26 bits per heavy atom. The number of hydrogen-bond acceptors (Lipinski definition) is 4. The summed E-state index contributed by atoms with van der Waals surface area (Å²) in [5.41, 5.74) is 7.86. The molecule has 0 aliphatic carbocycles. The van der Waals surface area contributed by atoms with Gasteiger partial charge in [-0.25, -0.2) is 0 Å². The van der Waals surface area contributed by atoms with Crippen LogP contribution < -0.4 is 15.8 Å². The number of nitrogens with two attached hydrogens (primary N) is 1. The minimum absolute atomic E-state index is 0.491. The molecule has 1 heterocycles. The van der Waals surface area contributed by atoms with E-state index in [2.05, 4.69) is 24.2 Å². The van der Waals surface area contributed by atoms with Gasteiger partial charge in [-0.3, -0.25) is 0 Å². The van der Waals surface area contributed by atoms with Gasteiger partial charge < -0.3 is 20.7 Å². The fourth-order valence-electron chi connectivity index (χ4n) is 2.59. The van der Waals surface area contributed by atoms with E-state index in [9.17, 15) is 0 Å². The van der Waals surface area contributed by atoms with Crippen molar-refractivity contribution in [3.63, 3.8) is 0 Å². The van der Waals surface area contributed by atoms with Crippen molar-refractivity contribution >= 4 is 11.4 Å². The van der Waals surface area contributed by atoms with Crippen molar-refractivity contribution in [1.82, 2.24) is 4.90 Å². The van der Waals surface area contributed by atoms with E-state index in [4.69, 9.17) is 10.5 Å². The molecule has 2 rings (SSSR count). The maximum atomic E-state index is 6.15. The lowest BCUT2D eigenvalue weighted by Gasteiger charge is -2.36. The second-order valence-corrected chi connectivity index (χ2v) is 5.35. The third-order valence-electron chi connectivity index (χ3n) is 3.93. The molecule has 1 aliphatic heterocycles. The Morgan fingerprint density at radius 3 is 2.95 bits per heavy atom. The molecule has 1 saturated heterocycles. The predicted octanol–water partition coefficient (Wildman–Crippen LogP) is 2.56. The van der Waals surface area contributed by atoms with Crippen LogP contribution in [0.1, 0.15) is 26.7 Å². The van der Waals surface area contributed by atoms with E-state index >= 15 is 0 Å². The van der Waals surface area contributed by atoms with Crippen LogP contribution in [0.15, 0.2) is 18.2 Å². The molecule has 2 atom stereocenters. The maximum absolute atomic E-state index is 6.15. The molecule has 0 saturated carbocycles. The van der Waals surface area contributed by atoms with Crippen molar-refractivity contribution in [3.05, 3.63) is 18.2 Å². The van der Waals surface area contributed by atoms with Gasteiger partial charge in [0.2, 0.25) is 0 Å². The first-order valence-corrected chi connectivity index (χ1v) is 7.10. The topological polar surface area (TPSA) is 50.5 Å². The Kier molecular flexibility index (Phi) is 4.53. The lowest BCUT2D eigenvalue weighted by atomic mass is 9.98. The van der Waals surface area contributed by atoms with E-state index in [0.717, 1.165) is 36.5 Å². The van der Waals surface area contributed by atoms with Crippen LogP contribution in [-0.4, -0.2) is 37.2 Å². The van der Waals surface area contributed by atoms with Gasteiger partial charge >= 0.3 is 0 Å². The average Bonchev–Trinajstić information content (AvgIpc) is 2.39. The van der Waals surface area contributed by atoms with Gasteiger partial charge in [-0.15, -0.1) is 0 Å². The summed E-state index contributed by atoms with van der Waals surface area (Å²) in [5, 5.41) is 3.57. The molecule has 1 fully saturated rings. The number of nitrogens with zero attached hydrogens (tertiary/aromatic N) is 1. The highest BCUT2D eigenvalue weighted by Gasteiger charge is 2.23. The zero-order valence-corrected chi connectivity index (χ0v) is 12.1. The van der Waals surface area contributed by atoms with E-state index in [-0.39, 0.29) is 0 Å². The quantitative estimate of drug-likeness (QED) is 0.820. The first-order valence-electron chi connectivity index (χ1n) is 7.10. The van der Waals surface area contributed by atoms with E-state index in [0.29, 0.717) is 18.7 Å². The highest BCUT2D eigenvalue weighted by molar-refractivity contribution is 5.73. The normalized spacial score (nSPS) is 24.2. The van der Waals surface area contributed by atoms with E-state index in [1.165, 1.54) is 0 Å². The maximum Gasteiger partial charge on any atom is 0.144 e. The van der Waals surface area contributed by atoms with Crippen LogP contribution in [0.2, 0.25) is 0 Å². The molecule has 2 unspecified atom stereocenters. The number of anilines is 2. The number of piperidine rings is 1. The van der Waals surface area contributed by atoms with Gasteiger partial charge in [0.1, 0.15) is 5.75 Å². The van der Waals surface area contributed by atoms with Crippen molar-refractivity contribution in [1.29, 1.82) is 0 Å². The molecule has 0 spiro atoms. The van der Waals surface area contributed by atoms with Gasteiger partial charge in [0.15, 0.2) is 0 Å². The van der Waals surface area contributed by atoms with Crippen LogP contribution in [0.5, 0.6) is 5.75 Å². The van der Waals surface area contributed by atoms with E-state index in [1.807, 2.05) is 25.1 Å². The Labute approximate surface area is 115 Å². The SMILES string of the molecule is CCOc1cccc(NC2CCN(C)C(C)C2)c1N. The summed E-state index contributed by atoms with van der Waals surface area (Å²) in [4.78, 5) is 2.40. The Hall–Kier alpha value is -1.42. The van der Waals surface area contributed by atoms with Crippen LogP contribution in [0.25, 0.3) is 0 Å². The Morgan fingerprint density at radius 1 is 1.47 bits per heavy atom. The molecule has 0 radical (unpaired) electrons. The largest absolute Gasteiger partial charge is 0.492 e. The third-order valence-corrected chi connectivity index (χ3v) is 3.93. The molecule has 0 aromatic heterocycles. The zero-order valence-electron chi connectivity index (χ0n) is 12.1. The first kappa shape index (κ1) is 14.0. The third kappa shape index (κ3) is 3.32. The number of rotatable bonds is 4. The summed E-state index contributed by atoms with van der Waals surface area (Å²) in [6.07, 6.45) is 2.30. The molecular weight excluding hydrogens is 238 g/mol. The van der Waals surface area contributed by atoms with Crippen molar-refractivity contribution < 1.29 is 4.74 Å². The Bertz CT molecular complexity index is 422. The number of nitrogen functional groups attached to an aromatic ring is 1. The van der Waals surface area contributed by atoms with Crippen LogP contribution >= 0.6 is 0 Å². The summed E-state index contributed by atoms with van der Waals surface area (Å²) in [6.45, 7) is 6.01. The average molecular weight is 263 g/mol. The molecule has 1 aromatic rings. The van der Waals surface area contributed by atoms with Crippen molar-refractivity contribution in [3.8, 4) is 5.75 Å². The molecule has 3 N–H and O–H groups in total. The van der Waals surface area contributed by atoms with Gasteiger partial charge in [0.05, 0.1) is 18.0 Å². The predicted molar refractivity (Wildman–Crippen MR) is 80.8 cm³/mol. The van der Waals surface area contributed by atoms with Gasteiger partial charge in [0, 0.05) is 18.6 Å². The summed E-state index contributed by atoms with van der Waals surface area (Å²) < 4.78 is 5.53. The van der Waals surface area contributed by atoms with Gasteiger partial charge in [-0.05, 0) is 45.9 Å². The van der Waals surface area contributed by atoms with Crippen molar-refractivity contribution in [2.24, 2.45) is 0 Å². The summed E-state index contributed by atoms with van der Waals surface area (Å²) in [5.74, 6) is 0.772. The minimum atomic E-state index is 0.491. The summed E-state index contributed by atoms with van der Waals surface area (Å²) in [7, 11) is 2.19. The molecule has 1 aliphatic rings. The fourth-order valence-corrected chi connectivity index (χ4v) is 2.59. The summed E-state index contributed by atoms with van der Waals surface area (Å²) >= 11 is 0. The number of hydrogen-bond donors (Lipinski definition) is 2. The highest BCUT2D eigenvalue weighted by atomic mass is 16.5. The van der Waals surface area contributed by atoms with Crippen LogP contribution in [0, 0.1) is 0 Å². The molecular formula is C15H25N3O. The first-order chi connectivity index (χ1) is 9.11. The Balaban J connectivity index is 2.05. The van der Waals surface area contributed by atoms with Crippen LogP contribution in [-0.2, 0) is 0 Å². The van der Waals surface area contributed by atoms with Crippen molar-refractivity contribution in [2.45, 2.75) is 38.8 Å².